The van der Waals surface area contributed by atoms with E-state index in [4.69, 9.17) is 33.2 Å². The third kappa shape index (κ3) is 20.6. The lowest BCUT2D eigenvalue weighted by Gasteiger charge is -2.13. The second kappa shape index (κ2) is 24.4. The van der Waals surface area contributed by atoms with E-state index in [-0.39, 0.29) is 30.9 Å². The van der Waals surface area contributed by atoms with E-state index in [0.717, 1.165) is 25.7 Å². The summed E-state index contributed by atoms with van der Waals surface area (Å²) < 4.78 is 36.9. The first kappa shape index (κ1) is 30.7. The summed E-state index contributed by atoms with van der Waals surface area (Å²) in [6.07, 6.45) is 4.10. The maximum absolute atomic E-state index is 11.9. The van der Waals surface area contributed by atoms with E-state index in [9.17, 15) is 9.59 Å². The minimum Gasteiger partial charge on any atom is -0.466 e. The summed E-state index contributed by atoms with van der Waals surface area (Å²) in [5.74, 6) is -0.373. The van der Waals surface area contributed by atoms with Gasteiger partial charge in [-0.3, -0.25) is 9.59 Å². The standard InChI is InChI=1S/C23H44O9/c1-4-7-8-21(5-2)23(25)32-20-19-30-18-17-29-16-15-28-14-13-27-12-11-26-10-9-22(24)31-6-3/h21H,4-20H2,1-3H3. The number of ether oxygens (including phenoxy) is 7. The molecule has 9 nitrogen and oxygen atoms in total. The predicted octanol–water partition coefficient (Wildman–Crippen LogP) is 2.78. The van der Waals surface area contributed by atoms with Crippen molar-refractivity contribution < 1.29 is 42.7 Å². The van der Waals surface area contributed by atoms with Crippen LogP contribution >= 0.6 is 0 Å². The van der Waals surface area contributed by atoms with Crippen LogP contribution < -0.4 is 0 Å². The van der Waals surface area contributed by atoms with Crippen LogP contribution in [0.25, 0.3) is 0 Å². The Kier molecular flexibility index (Phi) is 23.4. The van der Waals surface area contributed by atoms with Gasteiger partial charge in [-0.15, -0.1) is 0 Å². The van der Waals surface area contributed by atoms with Gasteiger partial charge in [0.1, 0.15) is 6.61 Å². The number of hydrogen-bond acceptors (Lipinski definition) is 9. The molecular weight excluding hydrogens is 420 g/mol. The van der Waals surface area contributed by atoms with Gasteiger partial charge in [-0.2, -0.15) is 0 Å². The predicted molar refractivity (Wildman–Crippen MR) is 120 cm³/mol. The van der Waals surface area contributed by atoms with Gasteiger partial charge in [0, 0.05) is 0 Å². The van der Waals surface area contributed by atoms with Crippen LogP contribution in [-0.2, 0) is 42.7 Å². The van der Waals surface area contributed by atoms with Gasteiger partial charge < -0.3 is 33.2 Å². The Balaban J connectivity index is 3.25. The van der Waals surface area contributed by atoms with Crippen LogP contribution in [0.5, 0.6) is 0 Å². The fourth-order valence-corrected chi connectivity index (χ4v) is 2.63. The van der Waals surface area contributed by atoms with E-state index in [1.807, 2.05) is 6.92 Å². The highest BCUT2D eigenvalue weighted by Crippen LogP contribution is 2.14. The van der Waals surface area contributed by atoms with Crippen molar-refractivity contribution in [2.75, 3.05) is 79.3 Å². The van der Waals surface area contributed by atoms with Crippen molar-refractivity contribution in [2.24, 2.45) is 5.92 Å². The molecule has 0 aliphatic heterocycles. The summed E-state index contributed by atoms with van der Waals surface area (Å²) in [7, 11) is 0. The van der Waals surface area contributed by atoms with Crippen molar-refractivity contribution in [3.8, 4) is 0 Å². The first-order valence-electron chi connectivity index (χ1n) is 11.9. The van der Waals surface area contributed by atoms with E-state index in [1.54, 1.807) is 6.92 Å². The molecule has 0 aliphatic carbocycles. The van der Waals surface area contributed by atoms with Crippen LogP contribution in [0.15, 0.2) is 0 Å². The van der Waals surface area contributed by atoms with Crippen LogP contribution in [0.1, 0.15) is 52.9 Å². The lowest BCUT2D eigenvalue weighted by molar-refractivity contribution is -0.150. The molecule has 1 unspecified atom stereocenters. The third-order valence-electron chi connectivity index (χ3n) is 4.45. The fraction of sp³-hybridized carbons (Fsp3) is 0.913. The Hall–Kier alpha value is -1.26. The largest absolute Gasteiger partial charge is 0.466 e. The summed E-state index contributed by atoms with van der Waals surface area (Å²) in [5.41, 5.74) is 0. The second-order valence-corrected chi connectivity index (χ2v) is 7.03. The van der Waals surface area contributed by atoms with Gasteiger partial charge in [0.2, 0.25) is 0 Å². The summed E-state index contributed by atoms with van der Waals surface area (Å²) in [6, 6.07) is 0. The molecule has 0 fully saturated rings. The van der Waals surface area contributed by atoms with Crippen molar-refractivity contribution in [1.82, 2.24) is 0 Å². The van der Waals surface area contributed by atoms with E-state index >= 15 is 0 Å². The van der Waals surface area contributed by atoms with E-state index in [0.29, 0.717) is 72.7 Å². The maximum Gasteiger partial charge on any atom is 0.308 e. The Morgan fingerprint density at radius 3 is 1.53 bits per heavy atom. The van der Waals surface area contributed by atoms with Crippen LogP contribution in [0.3, 0.4) is 0 Å². The topological polar surface area (TPSA) is 98.8 Å². The number of hydrogen-bond donors (Lipinski definition) is 0. The molecule has 9 heteroatoms. The van der Waals surface area contributed by atoms with Gasteiger partial charge in [0.15, 0.2) is 0 Å². The first-order valence-corrected chi connectivity index (χ1v) is 11.9. The normalized spacial score (nSPS) is 12.0. The number of rotatable bonds is 24. The van der Waals surface area contributed by atoms with Crippen molar-refractivity contribution in [3.63, 3.8) is 0 Å². The van der Waals surface area contributed by atoms with Crippen LogP contribution in [-0.4, -0.2) is 91.2 Å². The monoisotopic (exact) mass is 464 g/mol. The Morgan fingerprint density at radius 2 is 1.09 bits per heavy atom. The molecular formula is C23H44O9. The van der Waals surface area contributed by atoms with E-state index < -0.39 is 0 Å². The van der Waals surface area contributed by atoms with Gasteiger partial charge in [-0.25, -0.2) is 0 Å². The highest BCUT2D eigenvalue weighted by molar-refractivity contribution is 5.72. The van der Waals surface area contributed by atoms with Crippen LogP contribution in [0, 0.1) is 5.92 Å². The lowest BCUT2D eigenvalue weighted by Crippen LogP contribution is -2.20. The number of unbranched alkanes of at least 4 members (excludes halogenated alkanes) is 1. The molecule has 0 aliphatic rings. The van der Waals surface area contributed by atoms with Gasteiger partial charge in [-0.1, -0.05) is 26.7 Å². The Labute approximate surface area is 193 Å². The average Bonchev–Trinajstić information content (AvgIpc) is 2.79. The van der Waals surface area contributed by atoms with Crippen LogP contribution in [0.4, 0.5) is 0 Å². The molecule has 32 heavy (non-hydrogen) atoms. The second-order valence-electron chi connectivity index (χ2n) is 7.03. The molecule has 0 bridgehead atoms. The molecule has 0 aromatic rings. The number of carbonyl (C=O) groups excluding carboxylic acids is 2. The highest BCUT2D eigenvalue weighted by Gasteiger charge is 2.16. The number of esters is 2. The smallest absolute Gasteiger partial charge is 0.308 e. The number of carbonyl (C=O) groups is 2. The molecule has 0 rings (SSSR count). The van der Waals surface area contributed by atoms with Crippen LogP contribution in [0.2, 0.25) is 0 Å². The molecule has 0 radical (unpaired) electrons. The fourth-order valence-electron chi connectivity index (χ4n) is 2.63. The summed E-state index contributed by atoms with van der Waals surface area (Å²) >= 11 is 0. The summed E-state index contributed by atoms with van der Waals surface area (Å²) in [4.78, 5) is 23.0. The first-order chi connectivity index (χ1) is 15.7. The van der Waals surface area contributed by atoms with Crippen molar-refractivity contribution in [1.29, 1.82) is 0 Å². The molecule has 0 amide bonds. The summed E-state index contributed by atoms with van der Waals surface area (Å²) in [5, 5.41) is 0. The van der Waals surface area contributed by atoms with Gasteiger partial charge in [0.05, 0.1) is 85.0 Å². The van der Waals surface area contributed by atoms with Crippen molar-refractivity contribution >= 4 is 11.9 Å². The summed E-state index contributed by atoms with van der Waals surface area (Å²) in [6.45, 7) is 11.0. The molecule has 0 aromatic heterocycles. The van der Waals surface area contributed by atoms with E-state index in [2.05, 4.69) is 6.92 Å². The lowest BCUT2D eigenvalue weighted by atomic mass is 10.00. The molecule has 0 spiro atoms. The quantitative estimate of drug-likeness (QED) is 0.158. The molecule has 0 saturated carbocycles. The van der Waals surface area contributed by atoms with Gasteiger partial charge in [-0.05, 0) is 19.8 Å². The molecule has 0 saturated heterocycles. The van der Waals surface area contributed by atoms with Gasteiger partial charge in [0.25, 0.3) is 0 Å². The zero-order valence-electron chi connectivity index (χ0n) is 20.3. The zero-order chi connectivity index (χ0) is 23.7. The van der Waals surface area contributed by atoms with Crippen molar-refractivity contribution in [3.05, 3.63) is 0 Å². The maximum atomic E-state index is 11.9. The molecule has 190 valence electrons. The SMILES string of the molecule is CCCCC(CC)C(=O)OCCOCCOCCOCCOCCOCCC(=O)OCC. The molecule has 0 aromatic carbocycles. The minimum atomic E-state index is -0.251. The Morgan fingerprint density at radius 1 is 0.625 bits per heavy atom. The molecule has 0 heterocycles. The van der Waals surface area contributed by atoms with Crippen molar-refractivity contribution in [2.45, 2.75) is 52.9 Å². The van der Waals surface area contributed by atoms with E-state index in [1.165, 1.54) is 0 Å². The Bertz CT molecular complexity index is 432. The minimum absolute atomic E-state index is 0.000165. The average molecular weight is 465 g/mol. The van der Waals surface area contributed by atoms with Gasteiger partial charge >= 0.3 is 11.9 Å². The molecule has 0 N–H and O–H groups in total. The molecule has 1 atom stereocenters. The zero-order valence-corrected chi connectivity index (χ0v) is 20.3. The third-order valence-corrected chi connectivity index (χ3v) is 4.45. The highest BCUT2D eigenvalue weighted by atomic mass is 16.6.